The molecule has 0 saturated heterocycles. The number of pyridine rings is 1. The Labute approximate surface area is 106 Å². The van der Waals surface area contributed by atoms with E-state index in [4.69, 9.17) is 16.3 Å². The van der Waals surface area contributed by atoms with Crippen molar-refractivity contribution in [2.45, 2.75) is 0 Å². The van der Waals surface area contributed by atoms with Crippen molar-refractivity contribution in [3.8, 4) is 0 Å². The minimum absolute atomic E-state index is 0.264. The molecule has 0 bridgehead atoms. The third-order valence-electron chi connectivity index (χ3n) is 2.16. The molecule has 0 saturated carbocycles. The number of nitrogens with zero attached hydrogens (tertiary/aromatic N) is 1. The fourth-order valence-corrected chi connectivity index (χ4v) is 2.11. The molecule has 0 N–H and O–H groups in total. The highest BCUT2D eigenvalue weighted by atomic mass is 79.9. The monoisotopic (exact) mass is 299 g/mol. The molecule has 0 aliphatic rings. The molecule has 0 aliphatic heterocycles. The number of fused-ring (bicyclic) bond motifs is 1. The van der Waals surface area contributed by atoms with E-state index in [2.05, 4.69) is 20.9 Å². The van der Waals surface area contributed by atoms with Crippen LogP contribution >= 0.6 is 27.5 Å². The summed E-state index contributed by atoms with van der Waals surface area (Å²) in [6.45, 7) is 0. The molecule has 0 atom stereocenters. The average Bonchev–Trinajstić information content (AvgIpc) is 2.28. The van der Waals surface area contributed by atoms with E-state index in [0.717, 1.165) is 4.47 Å². The van der Waals surface area contributed by atoms with Gasteiger partial charge in [0.05, 0.1) is 18.2 Å². The van der Waals surface area contributed by atoms with E-state index in [-0.39, 0.29) is 5.15 Å². The Bertz CT molecular complexity index is 571. The van der Waals surface area contributed by atoms with Gasteiger partial charge in [-0.3, -0.25) is 0 Å². The number of ether oxygens (including phenoxy) is 1. The summed E-state index contributed by atoms with van der Waals surface area (Å²) in [6, 6.07) is 6.97. The van der Waals surface area contributed by atoms with Crippen LogP contribution in [0.4, 0.5) is 0 Å². The van der Waals surface area contributed by atoms with E-state index in [1.54, 1.807) is 6.07 Å². The molecule has 0 radical (unpaired) electrons. The Morgan fingerprint density at radius 3 is 2.94 bits per heavy atom. The lowest BCUT2D eigenvalue weighted by molar-refractivity contribution is 0.0603. The zero-order valence-corrected chi connectivity index (χ0v) is 10.7. The second-order valence-corrected chi connectivity index (χ2v) is 4.36. The van der Waals surface area contributed by atoms with Crippen LogP contribution in [0.2, 0.25) is 5.15 Å². The predicted molar refractivity (Wildman–Crippen MR) is 65.8 cm³/mol. The number of halogens is 2. The van der Waals surface area contributed by atoms with Gasteiger partial charge >= 0.3 is 5.97 Å². The highest BCUT2D eigenvalue weighted by Gasteiger charge is 2.13. The van der Waals surface area contributed by atoms with E-state index in [0.29, 0.717) is 16.5 Å². The fourth-order valence-electron chi connectivity index (χ4n) is 1.46. The second kappa shape index (κ2) is 4.39. The molecule has 0 spiro atoms. The average molecular weight is 301 g/mol. The molecule has 0 unspecified atom stereocenters. The normalized spacial score (nSPS) is 10.4. The topological polar surface area (TPSA) is 39.2 Å². The summed E-state index contributed by atoms with van der Waals surface area (Å²) < 4.78 is 5.49. The second-order valence-electron chi connectivity index (χ2n) is 3.12. The highest BCUT2D eigenvalue weighted by molar-refractivity contribution is 9.10. The molecule has 5 heteroatoms. The number of esters is 1. The van der Waals surface area contributed by atoms with E-state index in [1.807, 2.05) is 12.1 Å². The Kier molecular flexibility index (Phi) is 3.12. The van der Waals surface area contributed by atoms with Crippen LogP contribution in [0.3, 0.4) is 0 Å². The van der Waals surface area contributed by atoms with Crippen molar-refractivity contribution >= 4 is 44.4 Å². The number of methoxy groups -OCH3 is 1. The van der Waals surface area contributed by atoms with Crippen LogP contribution < -0.4 is 0 Å². The van der Waals surface area contributed by atoms with Gasteiger partial charge in [-0.15, -0.1) is 0 Å². The van der Waals surface area contributed by atoms with Crippen LogP contribution in [0.5, 0.6) is 0 Å². The van der Waals surface area contributed by atoms with Crippen LogP contribution in [0.1, 0.15) is 10.4 Å². The number of para-hydroxylation sites is 1. The molecular formula is C11H7BrClNO2. The molecule has 3 nitrogen and oxygen atoms in total. The van der Waals surface area contributed by atoms with Crippen molar-refractivity contribution in [2.75, 3.05) is 7.11 Å². The molecule has 1 aromatic heterocycles. The number of carbonyl (C=O) groups excluding carboxylic acids is 1. The zero-order chi connectivity index (χ0) is 11.7. The van der Waals surface area contributed by atoms with Crippen LogP contribution in [0.25, 0.3) is 10.9 Å². The lowest BCUT2D eigenvalue weighted by atomic mass is 10.1. The first kappa shape index (κ1) is 11.4. The minimum atomic E-state index is -0.424. The van der Waals surface area contributed by atoms with Gasteiger partial charge in [-0.05, 0) is 28.1 Å². The Balaban J connectivity index is 2.83. The quantitative estimate of drug-likeness (QED) is 0.598. The van der Waals surface area contributed by atoms with Gasteiger partial charge in [-0.25, -0.2) is 9.78 Å². The number of aromatic nitrogens is 1. The molecular weight excluding hydrogens is 293 g/mol. The molecule has 0 fully saturated rings. The van der Waals surface area contributed by atoms with Crippen molar-refractivity contribution in [1.82, 2.24) is 4.98 Å². The molecule has 82 valence electrons. The van der Waals surface area contributed by atoms with Crippen LogP contribution in [-0.4, -0.2) is 18.1 Å². The van der Waals surface area contributed by atoms with Crippen LogP contribution in [-0.2, 0) is 4.74 Å². The number of hydrogen-bond donors (Lipinski definition) is 0. The molecule has 2 rings (SSSR count). The number of carbonyl (C=O) groups is 1. The molecule has 1 aromatic carbocycles. The lowest BCUT2D eigenvalue weighted by Gasteiger charge is -2.06. The summed E-state index contributed by atoms with van der Waals surface area (Å²) in [4.78, 5) is 15.7. The summed E-state index contributed by atoms with van der Waals surface area (Å²) in [5, 5.41) is 0.977. The summed E-state index contributed by atoms with van der Waals surface area (Å²) in [5.41, 5.74) is 1.06. The summed E-state index contributed by atoms with van der Waals surface area (Å²) in [7, 11) is 1.33. The Morgan fingerprint density at radius 1 is 1.50 bits per heavy atom. The standard InChI is InChI=1S/C11H7BrClNO2/c1-16-11(15)7-5-9(13)14-10-6(7)3-2-4-8(10)12/h2-5H,1H3. The Morgan fingerprint density at radius 2 is 2.25 bits per heavy atom. The van der Waals surface area contributed by atoms with E-state index < -0.39 is 5.97 Å². The molecule has 1 heterocycles. The van der Waals surface area contributed by atoms with Gasteiger partial charge in [0.2, 0.25) is 0 Å². The lowest BCUT2D eigenvalue weighted by Crippen LogP contribution is -2.03. The first-order chi connectivity index (χ1) is 7.63. The third kappa shape index (κ3) is 1.90. The third-order valence-corrected chi connectivity index (χ3v) is 3.00. The highest BCUT2D eigenvalue weighted by Crippen LogP contribution is 2.27. The van der Waals surface area contributed by atoms with Crippen molar-refractivity contribution in [3.05, 3.63) is 39.5 Å². The minimum Gasteiger partial charge on any atom is -0.465 e. The van der Waals surface area contributed by atoms with Gasteiger partial charge in [0, 0.05) is 9.86 Å². The molecule has 0 aliphatic carbocycles. The van der Waals surface area contributed by atoms with Gasteiger partial charge in [-0.1, -0.05) is 23.7 Å². The number of rotatable bonds is 1. The van der Waals surface area contributed by atoms with Gasteiger partial charge in [0.1, 0.15) is 5.15 Å². The number of hydrogen-bond acceptors (Lipinski definition) is 3. The van der Waals surface area contributed by atoms with E-state index >= 15 is 0 Å². The first-order valence-electron chi connectivity index (χ1n) is 4.46. The summed E-state index contributed by atoms with van der Waals surface area (Å²) in [6.07, 6.45) is 0. The van der Waals surface area contributed by atoms with E-state index in [1.165, 1.54) is 13.2 Å². The van der Waals surface area contributed by atoms with Crippen molar-refractivity contribution in [1.29, 1.82) is 0 Å². The van der Waals surface area contributed by atoms with Crippen molar-refractivity contribution in [3.63, 3.8) is 0 Å². The predicted octanol–water partition coefficient (Wildman–Crippen LogP) is 3.44. The molecule has 0 amide bonds. The Hall–Kier alpha value is -1.13. The molecule has 16 heavy (non-hydrogen) atoms. The first-order valence-corrected chi connectivity index (χ1v) is 5.63. The molecule has 2 aromatic rings. The maximum absolute atomic E-state index is 11.6. The largest absolute Gasteiger partial charge is 0.465 e. The SMILES string of the molecule is COC(=O)c1cc(Cl)nc2c(Br)cccc12. The van der Waals surface area contributed by atoms with E-state index in [9.17, 15) is 4.79 Å². The zero-order valence-electron chi connectivity index (χ0n) is 8.33. The summed E-state index contributed by atoms with van der Waals surface area (Å²) in [5.74, 6) is -0.424. The van der Waals surface area contributed by atoms with Gasteiger partial charge in [-0.2, -0.15) is 0 Å². The van der Waals surface area contributed by atoms with Crippen LogP contribution in [0, 0.1) is 0 Å². The number of benzene rings is 1. The van der Waals surface area contributed by atoms with Crippen molar-refractivity contribution in [2.24, 2.45) is 0 Å². The summed E-state index contributed by atoms with van der Waals surface area (Å²) >= 11 is 9.22. The van der Waals surface area contributed by atoms with Crippen molar-refractivity contribution < 1.29 is 9.53 Å². The van der Waals surface area contributed by atoms with Gasteiger partial charge in [0.15, 0.2) is 0 Å². The smallest absolute Gasteiger partial charge is 0.338 e. The fraction of sp³-hybridized carbons (Fsp3) is 0.0909. The van der Waals surface area contributed by atoms with Gasteiger partial charge in [0.25, 0.3) is 0 Å². The maximum atomic E-state index is 11.6. The van der Waals surface area contributed by atoms with Crippen LogP contribution in [0.15, 0.2) is 28.7 Å². The van der Waals surface area contributed by atoms with Gasteiger partial charge < -0.3 is 4.74 Å². The maximum Gasteiger partial charge on any atom is 0.338 e.